The summed E-state index contributed by atoms with van der Waals surface area (Å²) in [7, 11) is 0. The molecule has 0 unspecified atom stereocenters. The average Bonchev–Trinajstić information content (AvgIpc) is 2.53. The summed E-state index contributed by atoms with van der Waals surface area (Å²) in [5.41, 5.74) is 2.66. The number of aryl methyl sites for hydroxylation is 1. The molecule has 0 aliphatic rings. The molecule has 2 nitrogen and oxygen atoms in total. The molecule has 3 aromatic rings. The zero-order valence-corrected chi connectivity index (χ0v) is 11.8. The topological polar surface area (TPSA) is 30.0 Å². The Hall–Kier alpha value is -2.74. The van der Waals surface area contributed by atoms with Gasteiger partial charge in [0.2, 0.25) is 5.78 Å². The van der Waals surface area contributed by atoms with Gasteiger partial charge in [0.05, 0.1) is 0 Å². The Morgan fingerprint density at radius 2 is 1.71 bits per heavy atom. The number of ketones is 1. The third-order valence-corrected chi connectivity index (χ3v) is 3.49. The molecule has 0 fully saturated rings. The van der Waals surface area contributed by atoms with Gasteiger partial charge in [-0.15, -0.1) is 0 Å². The molecule has 0 aliphatic carbocycles. The van der Waals surface area contributed by atoms with E-state index in [4.69, 9.17) is 0 Å². The van der Waals surface area contributed by atoms with Gasteiger partial charge >= 0.3 is 0 Å². The van der Waals surface area contributed by atoms with Crippen molar-refractivity contribution in [3.05, 3.63) is 83.7 Å². The first-order valence-electron chi connectivity index (χ1n) is 6.87. The van der Waals surface area contributed by atoms with E-state index in [-0.39, 0.29) is 5.78 Å². The Morgan fingerprint density at radius 3 is 2.52 bits per heavy atom. The molecule has 2 aromatic carbocycles. The third-order valence-electron chi connectivity index (χ3n) is 3.49. The van der Waals surface area contributed by atoms with E-state index in [0.29, 0.717) is 5.69 Å². The molecule has 21 heavy (non-hydrogen) atoms. The van der Waals surface area contributed by atoms with Crippen LogP contribution >= 0.6 is 0 Å². The maximum Gasteiger partial charge on any atom is 0.204 e. The number of allylic oxidation sites excluding steroid dienone is 1. The van der Waals surface area contributed by atoms with Crippen LogP contribution in [0.3, 0.4) is 0 Å². The summed E-state index contributed by atoms with van der Waals surface area (Å²) in [4.78, 5) is 16.5. The van der Waals surface area contributed by atoms with Gasteiger partial charge in [-0.3, -0.25) is 9.78 Å². The van der Waals surface area contributed by atoms with Crippen molar-refractivity contribution in [2.24, 2.45) is 0 Å². The lowest BCUT2D eigenvalue weighted by molar-refractivity contribution is 0.104. The van der Waals surface area contributed by atoms with Crippen molar-refractivity contribution in [1.82, 2.24) is 4.98 Å². The minimum atomic E-state index is -0.0796. The minimum absolute atomic E-state index is 0.0796. The molecule has 0 saturated carbocycles. The third kappa shape index (κ3) is 2.90. The van der Waals surface area contributed by atoms with E-state index in [1.54, 1.807) is 12.3 Å². The van der Waals surface area contributed by atoms with E-state index in [1.807, 2.05) is 67.6 Å². The van der Waals surface area contributed by atoms with Crippen LogP contribution in [0, 0.1) is 6.92 Å². The molecule has 0 atom stereocenters. The first-order chi connectivity index (χ1) is 10.2. The highest BCUT2D eigenvalue weighted by atomic mass is 16.1. The van der Waals surface area contributed by atoms with Crippen LogP contribution in [0.5, 0.6) is 0 Å². The molecule has 0 N–H and O–H groups in total. The zero-order chi connectivity index (χ0) is 14.7. The number of rotatable bonds is 3. The van der Waals surface area contributed by atoms with Gasteiger partial charge in [0, 0.05) is 11.6 Å². The number of fused-ring (bicyclic) bond motifs is 1. The van der Waals surface area contributed by atoms with Gasteiger partial charge in [-0.05, 0) is 35.6 Å². The van der Waals surface area contributed by atoms with E-state index in [2.05, 4.69) is 4.98 Å². The Labute approximate surface area is 123 Å². The van der Waals surface area contributed by atoms with Crippen LogP contribution < -0.4 is 0 Å². The molecule has 0 aliphatic heterocycles. The summed E-state index contributed by atoms with van der Waals surface area (Å²) in [5.74, 6) is -0.0796. The van der Waals surface area contributed by atoms with Gasteiger partial charge in [0.25, 0.3) is 0 Å². The molecule has 0 amide bonds. The number of carbonyl (C=O) groups excluding carboxylic acids is 1. The van der Waals surface area contributed by atoms with E-state index < -0.39 is 0 Å². The van der Waals surface area contributed by atoms with Gasteiger partial charge in [-0.2, -0.15) is 0 Å². The van der Waals surface area contributed by atoms with Crippen LogP contribution in [0.1, 0.15) is 21.6 Å². The molecular formula is C19H15NO. The Balaban J connectivity index is 1.89. The predicted octanol–water partition coefficient (Wildman–Crippen LogP) is 4.44. The number of nitrogens with zero attached hydrogens (tertiary/aromatic N) is 1. The van der Waals surface area contributed by atoms with Gasteiger partial charge in [-0.25, -0.2) is 0 Å². The second kappa shape index (κ2) is 5.71. The molecule has 1 heterocycles. The molecule has 2 heteroatoms. The minimum Gasteiger partial charge on any atom is -0.288 e. The number of aromatic nitrogens is 1. The second-order valence-electron chi connectivity index (χ2n) is 4.97. The predicted molar refractivity (Wildman–Crippen MR) is 86.3 cm³/mol. The Bertz CT molecular complexity index is 834. The first-order valence-corrected chi connectivity index (χ1v) is 6.87. The lowest BCUT2D eigenvalue weighted by Gasteiger charge is -2.00. The molecule has 1 aromatic heterocycles. The number of carbonyl (C=O) groups is 1. The summed E-state index contributed by atoms with van der Waals surface area (Å²) in [5, 5.41) is 2.07. The van der Waals surface area contributed by atoms with Gasteiger partial charge < -0.3 is 0 Å². The van der Waals surface area contributed by atoms with Crippen LogP contribution in [-0.2, 0) is 0 Å². The van der Waals surface area contributed by atoms with E-state index >= 15 is 0 Å². The van der Waals surface area contributed by atoms with Gasteiger partial charge in [0.15, 0.2) is 0 Å². The fourth-order valence-corrected chi connectivity index (χ4v) is 2.24. The van der Waals surface area contributed by atoms with Crippen molar-refractivity contribution in [2.45, 2.75) is 6.92 Å². The normalized spacial score (nSPS) is 11.1. The summed E-state index contributed by atoms with van der Waals surface area (Å²) >= 11 is 0. The molecule has 0 bridgehead atoms. The maximum atomic E-state index is 12.2. The van der Waals surface area contributed by atoms with Gasteiger partial charge in [0.1, 0.15) is 5.69 Å². The quantitative estimate of drug-likeness (QED) is 0.521. The fraction of sp³-hybridized carbons (Fsp3) is 0.0526. The summed E-state index contributed by atoms with van der Waals surface area (Å²) in [6.45, 7) is 2.03. The first kappa shape index (κ1) is 13.3. The number of benzene rings is 2. The molecule has 0 spiro atoms. The monoisotopic (exact) mass is 273 g/mol. The average molecular weight is 273 g/mol. The molecular weight excluding hydrogens is 258 g/mol. The summed E-state index contributed by atoms with van der Waals surface area (Å²) < 4.78 is 0. The molecule has 0 saturated heterocycles. The molecule has 3 rings (SSSR count). The molecule has 102 valence electrons. The Kier molecular flexibility index (Phi) is 3.61. The van der Waals surface area contributed by atoms with Crippen molar-refractivity contribution in [2.75, 3.05) is 0 Å². The van der Waals surface area contributed by atoms with Crippen LogP contribution in [0.25, 0.3) is 16.8 Å². The van der Waals surface area contributed by atoms with Crippen LogP contribution in [0.4, 0.5) is 0 Å². The fourth-order valence-electron chi connectivity index (χ4n) is 2.24. The maximum absolute atomic E-state index is 12.2. The zero-order valence-electron chi connectivity index (χ0n) is 11.8. The highest BCUT2D eigenvalue weighted by Crippen LogP contribution is 2.15. The highest BCUT2D eigenvalue weighted by Gasteiger charge is 2.04. The summed E-state index contributed by atoms with van der Waals surface area (Å²) in [6, 6.07) is 17.7. The van der Waals surface area contributed by atoms with E-state index in [0.717, 1.165) is 21.9 Å². The lowest BCUT2D eigenvalue weighted by atomic mass is 10.1. The van der Waals surface area contributed by atoms with Crippen molar-refractivity contribution in [3.8, 4) is 0 Å². The number of hydrogen-bond donors (Lipinski definition) is 0. The van der Waals surface area contributed by atoms with Crippen LogP contribution in [0.2, 0.25) is 0 Å². The largest absolute Gasteiger partial charge is 0.288 e. The SMILES string of the molecule is Cc1ccccc1/C=C/C(=O)c1cc2ccccc2cn1. The Morgan fingerprint density at radius 1 is 1.00 bits per heavy atom. The van der Waals surface area contributed by atoms with E-state index in [9.17, 15) is 4.79 Å². The van der Waals surface area contributed by atoms with E-state index in [1.165, 1.54) is 0 Å². The second-order valence-corrected chi connectivity index (χ2v) is 4.97. The highest BCUT2D eigenvalue weighted by molar-refractivity contribution is 6.07. The van der Waals surface area contributed by atoms with Gasteiger partial charge in [-0.1, -0.05) is 54.6 Å². The molecule has 0 radical (unpaired) electrons. The van der Waals surface area contributed by atoms with Crippen molar-refractivity contribution in [1.29, 1.82) is 0 Å². The standard InChI is InChI=1S/C19H15NO/c1-14-6-2-3-7-15(14)10-11-19(21)18-12-16-8-4-5-9-17(16)13-20-18/h2-13H,1H3/b11-10+. The lowest BCUT2D eigenvalue weighted by Crippen LogP contribution is -1.98. The number of hydrogen-bond acceptors (Lipinski definition) is 2. The van der Waals surface area contributed by atoms with Crippen LogP contribution in [0.15, 0.2) is 66.9 Å². The van der Waals surface area contributed by atoms with Crippen molar-refractivity contribution >= 4 is 22.6 Å². The van der Waals surface area contributed by atoms with Crippen molar-refractivity contribution in [3.63, 3.8) is 0 Å². The summed E-state index contributed by atoms with van der Waals surface area (Å²) in [6.07, 6.45) is 5.16. The smallest absolute Gasteiger partial charge is 0.204 e. The van der Waals surface area contributed by atoms with Crippen molar-refractivity contribution < 1.29 is 4.79 Å². The van der Waals surface area contributed by atoms with Crippen LogP contribution in [-0.4, -0.2) is 10.8 Å². The number of pyridine rings is 1.